The molecule has 0 spiro atoms. The number of amidine groups is 1. The van der Waals surface area contributed by atoms with Gasteiger partial charge in [0.05, 0.1) is 6.04 Å². The van der Waals surface area contributed by atoms with Crippen molar-refractivity contribution in [3.8, 4) is 0 Å². The van der Waals surface area contributed by atoms with Crippen molar-refractivity contribution in [1.82, 2.24) is 15.6 Å². The van der Waals surface area contributed by atoms with Gasteiger partial charge in [-0.15, -0.1) is 5.10 Å². The van der Waals surface area contributed by atoms with E-state index >= 15 is 0 Å². The van der Waals surface area contributed by atoms with E-state index in [4.69, 9.17) is 0 Å². The van der Waals surface area contributed by atoms with E-state index < -0.39 is 17.7 Å². The molecule has 0 aromatic heterocycles. The van der Waals surface area contributed by atoms with Crippen molar-refractivity contribution in [1.29, 1.82) is 0 Å². The van der Waals surface area contributed by atoms with Crippen LogP contribution < -0.4 is 10.7 Å². The van der Waals surface area contributed by atoms with E-state index in [1.165, 1.54) is 17.8 Å². The highest BCUT2D eigenvalue weighted by atomic mass is 32.2. The summed E-state index contributed by atoms with van der Waals surface area (Å²) in [5, 5.41) is 7.30. The number of hydrogen-bond acceptors (Lipinski definition) is 5. The minimum atomic E-state index is -0.874. The number of Topliss-reactive ketones (excluding diaryl/α,β-unsaturated/α-hetero) is 1. The molecule has 1 saturated heterocycles. The van der Waals surface area contributed by atoms with Gasteiger partial charge in [0.1, 0.15) is 0 Å². The fourth-order valence-corrected chi connectivity index (χ4v) is 3.13. The molecule has 1 aliphatic heterocycles. The normalized spacial score (nSPS) is 17.8. The first kappa shape index (κ1) is 22.2. The fraction of sp³-hybridized carbons (Fsp3) is 0.667. The Morgan fingerprint density at radius 1 is 1.31 bits per heavy atom. The first-order valence-corrected chi connectivity index (χ1v) is 9.73. The number of allylic oxidation sites excluding steroid dienone is 1. The van der Waals surface area contributed by atoms with Crippen LogP contribution in [0.5, 0.6) is 0 Å². The SMILES string of the molecule is CC(C)C[C@H](NC(=O)C=CC(C)(C)C)C(=O)C(=O)NN=C1SCCN1C. The smallest absolute Gasteiger partial charge is 0.309 e. The molecule has 146 valence electrons. The molecule has 0 aromatic carbocycles. The highest BCUT2D eigenvalue weighted by Crippen LogP contribution is 2.15. The number of nitrogens with one attached hydrogen (secondary N) is 2. The molecule has 0 aliphatic carbocycles. The summed E-state index contributed by atoms with van der Waals surface area (Å²) in [4.78, 5) is 38.6. The Morgan fingerprint density at radius 2 is 1.96 bits per heavy atom. The van der Waals surface area contributed by atoms with Gasteiger partial charge in [0.15, 0.2) is 5.17 Å². The summed E-state index contributed by atoms with van der Waals surface area (Å²) in [6.45, 7) is 10.6. The number of carbonyl (C=O) groups excluding carboxylic acids is 3. The number of nitrogens with zero attached hydrogens (tertiary/aromatic N) is 2. The van der Waals surface area contributed by atoms with Crippen molar-refractivity contribution in [2.75, 3.05) is 19.3 Å². The molecule has 2 N–H and O–H groups in total. The van der Waals surface area contributed by atoms with Crippen LogP contribution in [0.25, 0.3) is 0 Å². The third kappa shape index (κ3) is 8.03. The Balaban J connectivity index is 2.74. The van der Waals surface area contributed by atoms with Crippen LogP contribution in [0, 0.1) is 11.3 Å². The Hall–Kier alpha value is -1.83. The van der Waals surface area contributed by atoms with Gasteiger partial charge in [-0.1, -0.05) is 52.5 Å². The van der Waals surface area contributed by atoms with Crippen molar-refractivity contribution >= 4 is 34.5 Å². The summed E-state index contributed by atoms with van der Waals surface area (Å²) in [7, 11) is 1.87. The lowest BCUT2D eigenvalue weighted by atomic mass is 9.96. The Bertz CT molecular complexity index is 594. The minimum absolute atomic E-state index is 0.145. The minimum Gasteiger partial charge on any atom is -0.352 e. The molecule has 0 bridgehead atoms. The zero-order chi connectivity index (χ0) is 19.9. The van der Waals surface area contributed by atoms with Crippen LogP contribution >= 0.6 is 11.8 Å². The number of ketones is 1. The summed E-state index contributed by atoms with van der Waals surface area (Å²) in [6.07, 6.45) is 3.55. The predicted octanol–water partition coefficient (Wildman–Crippen LogP) is 1.75. The number of hydrogen-bond donors (Lipinski definition) is 2. The van der Waals surface area contributed by atoms with Crippen molar-refractivity contribution in [3.63, 3.8) is 0 Å². The second-order valence-corrected chi connectivity index (χ2v) is 8.92. The Labute approximate surface area is 160 Å². The monoisotopic (exact) mass is 382 g/mol. The third-order valence-electron chi connectivity index (χ3n) is 3.54. The van der Waals surface area contributed by atoms with Crippen LogP contribution in [-0.2, 0) is 14.4 Å². The number of carbonyl (C=O) groups is 3. The lowest BCUT2D eigenvalue weighted by Gasteiger charge is -2.18. The molecule has 8 heteroatoms. The van der Waals surface area contributed by atoms with Crippen LogP contribution in [0.4, 0.5) is 0 Å². The van der Waals surface area contributed by atoms with Gasteiger partial charge >= 0.3 is 5.91 Å². The molecule has 0 aromatic rings. The predicted molar refractivity (Wildman–Crippen MR) is 106 cm³/mol. The largest absolute Gasteiger partial charge is 0.352 e. The van der Waals surface area contributed by atoms with E-state index in [1.807, 2.05) is 46.6 Å². The summed E-state index contributed by atoms with van der Waals surface area (Å²) >= 11 is 1.51. The van der Waals surface area contributed by atoms with Crippen LogP contribution in [-0.4, -0.2) is 53.1 Å². The Morgan fingerprint density at radius 3 is 2.46 bits per heavy atom. The van der Waals surface area contributed by atoms with Crippen LogP contribution in [0.15, 0.2) is 17.3 Å². The van der Waals surface area contributed by atoms with Gasteiger partial charge in [-0.2, -0.15) is 0 Å². The molecule has 1 fully saturated rings. The van der Waals surface area contributed by atoms with Crippen LogP contribution in [0.1, 0.15) is 41.0 Å². The van der Waals surface area contributed by atoms with Gasteiger partial charge in [-0.25, -0.2) is 5.43 Å². The molecule has 26 heavy (non-hydrogen) atoms. The molecule has 0 saturated carbocycles. The number of thioether (sulfide) groups is 1. The summed E-state index contributed by atoms with van der Waals surface area (Å²) in [5.41, 5.74) is 2.16. The van der Waals surface area contributed by atoms with E-state index in [2.05, 4.69) is 15.8 Å². The first-order valence-electron chi connectivity index (χ1n) is 8.75. The van der Waals surface area contributed by atoms with Gasteiger partial charge in [0.2, 0.25) is 11.7 Å². The van der Waals surface area contributed by atoms with Crippen molar-refractivity contribution < 1.29 is 14.4 Å². The van der Waals surface area contributed by atoms with Gasteiger partial charge in [-0.3, -0.25) is 14.4 Å². The van der Waals surface area contributed by atoms with Crippen LogP contribution in [0.3, 0.4) is 0 Å². The average molecular weight is 383 g/mol. The molecule has 1 aliphatic rings. The summed E-state index contributed by atoms with van der Waals surface area (Å²) in [6, 6.07) is -0.874. The van der Waals surface area contributed by atoms with Gasteiger partial charge in [0, 0.05) is 19.3 Å². The maximum absolute atomic E-state index is 12.5. The van der Waals surface area contributed by atoms with E-state index in [-0.39, 0.29) is 17.2 Å². The zero-order valence-electron chi connectivity index (χ0n) is 16.5. The molecule has 1 rings (SSSR count). The second-order valence-electron chi connectivity index (χ2n) is 7.86. The second kappa shape index (κ2) is 9.75. The highest BCUT2D eigenvalue weighted by molar-refractivity contribution is 8.14. The maximum atomic E-state index is 12.5. The summed E-state index contributed by atoms with van der Waals surface area (Å²) < 4.78 is 0. The molecular formula is C18H30N4O3S. The third-order valence-corrected chi connectivity index (χ3v) is 4.58. The number of amides is 2. The lowest BCUT2D eigenvalue weighted by Crippen LogP contribution is -2.47. The maximum Gasteiger partial charge on any atom is 0.309 e. The average Bonchev–Trinajstić information content (AvgIpc) is 2.93. The molecule has 0 unspecified atom stereocenters. The van der Waals surface area contributed by atoms with Gasteiger partial charge in [-0.05, 0) is 23.8 Å². The highest BCUT2D eigenvalue weighted by Gasteiger charge is 2.27. The molecule has 7 nitrogen and oxygen atoms in total. The molecule has 0 radical (unpaired) electrons. The quantitative estimate of drug-likeness (QED) is 0.398. The molecule has 1 heterocycles. The van der Waals surface area contributed by atoms with Crippen molar-refractivity contribution in [2.24, 2.45) is 16.4 Å². The Kier molecular flexibility index (Phi) is 8.33. The topological polar surface area (TPSA) is 90.9 Å². The first-order chi connectivity index (χ1) is 12.0. The van der Waals surface area contributed by atoms with E-state index in [0.717, 1.165) is 12.3 Å². The van der Waals surface area contributed by atoms with Crippen molar-refractivity contribution in [3.05, 3.63) is 12.2 Å². The van der Waals surface area contributed by atoms with E-state index in [1.54, 1.807) is 6.08 Å². The standard InChI is InChI=1S/C18H30N4O3S/c1-12(2)11-13(19-14(23)7-8-18(3,4)5)15(24)16(25)20-21-17-22(6)9-10-26-17/h7-8,12-13H,9-11H2,1-6H3,(H,19,23)(H,20,25)/t13-/m0/s1. The number of rotatable bonds is 7. The lowest BCUT2D eigenvalue weighted by molar-refractivity contribution is -0.140. The van der Waals surface area contributed by atoms with E-state index in [0.29, 0.717) is 11.6 Å². The summed E-state index contributed by atoms with van der Waals surface area (Å²) in [5.74, 6) is -0.850. The molecule has 2 amide bonds. The fourth-order valence-electron chi connectivity index (χ4n) is 2.16. The van der Waals surface area contributed by atoms with Gasteiger partial charge < -0.3 is 10.2 Å². The number of hydrazone groups is 1. The molecular weight excluding hydrogens is 352 g/mol. The van der Waals surface area contributed by atoms with Crippen LogP contribution in [0.2, 0.25) is 0 Å². The molecule has 1 atom stereocenters. The van der Waals surface area contributed by atoms with Crippen molar-refractivity contribution in [2.45, 2.75) is 47.1 Å². The van der Waals surface area contributed by atoms with E-state index in [9.17, 15) is 14.4 Å². The zero-order valence-corrected chi connectivity index (χ0v) is 17.3. The van der Waals surface area contributed by atoms with Gasteiger partial charge in [0.25, 0.3) is 0 Å².